The fraction of sp³-hybridized carbons (Fsp3) is 0.200. The van der Waals surface area contributed by atoms with Gasteiger partial charge >= 0.3 is 0 Å². The van der Waals surface area contributed by atoms with Crippen LogP contribution in [0.3, 0.4) is 0 Å². The highest BCUT2D eigenvalue weighted by Crippen LogP contribution is 2.14. The molecule has 18 heavy (non-hydrogen) atoms. The largest absolute Gasteiger partial charge is 0.326 e. The molecule has 0 saturated carbocycles. The summed E-state index contributed by atoms with van der Waals surface area (Å²) in [4.78, 5) is 16.2. The van der Waals surface area contributed by atoms with Crippen molar-refractivity contribution in [3.63, 3.8) is 0 Å². The van der Waals surface area contributed by atoms with Crippen LogP contribution in [-0.2, 0) is 13.0 Å². The Balaban J connectivity index is 2.24. The van der Waals surface area contributed by atoms with Crippen LogP contribution in [0.2, 0.25) is 0 Å². The zero-order chi connectivity index (χ0) is 13.0. The number of aryl methyl sites for hydroxylation is 1. The fourth-order valence-electron chi connectivity index (χ4n) is 1.95. The van der Waals surface area contributed by atoms with Crippen LogP contribution in [0.1, 0.15) is 27.0 Å². The average Bonchev–Trinajstić information content (AvgIpc) is 2.39. The molecule has 1 heterocycles. The van der Waals surface area contributed by atoms with Crippen LogP contribution in [0, 0.1) is 6.92 Å². The van der Waals surface area contributed by atoms with E-state index in [1.54, 1.807) is 12.4 Å². The van der Waals surface area contributed by atoms with Gasteiger partial charge in [0.05, 0.1) is 0 Å². The smallest absolute Gasteiger partial charge is 0.169 e. The van der Waals surface area contributed by atoms with Crippen molar-refractivity contribution in [2.24, 2.45) is 5.73 Å². The van der Waals surface area contributed by atoms with E-state index in [1.165, 1.54) is 0 Å². The summed E-state index contributed by atoms with van der Waals surface area (Å²) in [6.07, 6.45) is 3.70. The minimum Gasteiger partial charge on any atom is -0.326 e. The molecule has 0 bridgehead atoms. The quantitative estimate of drug-likeness (QED) is 0.834. The molecule has 0 unspecified atom stereocenters. The van der Waals surface area contributed by atoms with Crippen LogP contribution in [0.25, 0.3) is 0 Å². The number of nitrogens with two attached hydrogens (primary N) is 1. The monoisotopic (exact) mass is 240 g/mol. The first-order valence-corrected chi connectivity index (χ1v) is 5.93. The van der Waals surface area contributed by atoms with E-state index in [4.69, 9.17) is 5.73 Å². The van der Waals surface area contributed by atoms with Crippen LogP contribution in [0.4, 0.5) is 0 Å². The van der Waals surface area contributed by atoms with Crippen molar-refractivity contribution in [1.29, 1.82) is 0 Å². The molecule has 2 N–H and O–H groups in total. The zero-order valence-electron chi connectivity index (χ0n) is 10.4. The Kier molecular flexibility index (Phi) is 3.85. The molecule has 3 nitrogen and oxygen atoms in total. The molecule has 3 heteroatoms. The molecule has 0 aliphatic carbocycles. The third kappa shape index (κ3) is 2.63. The van der Waals surface area contributed by atoms with E-state index in [0.717, 1.165) is 16.7 Å². The molecule has 2 aromatic rings. The first-order valence-electron chi connectivity index (χ1n) is 5.93. The lowest BCUT2D eigenvalue weighted by Crippen LogP contribution is -2.09. The van der Waals surface area contributed by atoms with Gasteiger partial charge in [-0.25, -0.2) is 0 Å². The van der Waals surface area contributed by atoms with Gasteiger partial charge in [-0.15, -0.1) is 0 Å². The number of Topliss-reactive ketones (excluding diaryl/α,β-unsaturated/α-hetero) is 1. The highest BCUT2D eigenvalue weighted by atomic mass is 16.1. The maximum absolute atomic E-state index is 12.2. The molecule has 0 fully saturated rings. The molecule has 0 atom stereocenters. The van der Waals surface area contributed by atoms with E-state index in [0.29, 0.717) is 18.5 Å². The SMILES string of the molecule is Cc1ccncc1C(=O)Cc1ccccc1CN. The number of carbonyl (C=O) groups is 1. The molecule has 1 aromatic carbocycles. The Hall–Kier alpha value is -2.00. The van der Waals surface area contributed by atoms with Gasteiger partial charge in [0.1, 0.15) is 0 Å². The summed E-state index contributed by atoms with van der Waals surface area (Å²) in [5.74, 6) is 0.0847. The van der Waals surface area contributed by atoms with Gasteiger partial charge in [-0.1, -0.05) is 24.3 Å². The van der Waals surface area contributed by atoms with E-state index in [2.05, 4.69) is 4.98 Å². The van der Waals surface area contributed by atoms with Gasteiger partial charge in [0.25, 0.3) is 0 Å². The second-order valence-corrected chi connectivity index (χ2v) is 4.26. The maximum Gasteiger partial charge on any atom is 0.169 e. The van der Waals surface area contributed by atoms with Crippen LogP contribution in [0.5, 0.6) is 0 Å². The first-order chi connectivity index (χ1) is 8.72. The molecule has 0 saturated heterocycles. The topological polar surface area (TPSA) is 56.0 Å². The molecule has 0 aliphatic rings. The van der Waals surface area contributed by atoms with Gasteiger partial charge in [-0.05, 0) is 29.7 Å². The van der Waals surface area contributed by atoms with Crippen LogP contribution < -0.4 is 5.73 Å². The Bertz CT molecular complexity index is 564. The summed E-state index contributed by atoms with van der Waals surface area (Å²) in [5.41, 5.74) is 9.33. The number of nitrogens with zero attached hydrogens (tertiary/aromatic N) is 1. The lowest BCUT2D eigenvalue weighted by molar-refractivity contribution is 0.0992. The lowest BCUT2D eigenvalue weighted by Gasteiger charge is -2.08. The predicted molar refractivity (Wildman–Crippen MR) is 71.3 cm³/mol. The Morgan fingerprint density at radius 1 is 1.22 bits per heavy atom. The molecule has 0 radical (unpaired) electrons. The minimum absolute atomic E-state index is 0.0847. The van der Waals surface area contributed by atoms with Gasteiger partial charge in [0.2, 0.25) is 0 Å². The van der Waals surface area contributed by atoms with Crippen molar-refractivity contribution in [1.82, 2.24) is 4.98 Å². The molecule has 1 aromatic heterocycles. The van der Waals surface area contributed by atoms with E-state index in [-0.39, 0.29) is 5.78 Å². The van der Waals surface area contributed by atoms with E-state index >= 15 is 0 Å². The average molecular weight is 240 g/mol. The van der Waals surface area contributed by atoms with Crippen LogP contribution >= 0.6 is 0 Å². The zero-order valence-corrected chi connectivity index (χ0v) is 10.4. The molecule has 0 amide bonds. The van der Waals surface area contributed by atoms with Crippen molar-refractivity contribution >= 4 is 5.78 Å². The van der Waals surface area contributed by atoms with Crippen LogP contribution in [0.15, 0.2) is 42.7 Å². The van der Waals surface area contributed by atoms with Gasteiger partial charge in [0, 0.05) is 30.9 Å². The third-order valence-electron chi connectivity index (χ3n) is 3.03. The number of hydrogen-bond donors (Lipinski definition) is 1. The first kappa shape index (κ1) is 12.5. The number of ketones is 1. The Labute approximate surface area is 107 Å². The van der Waals surface area contributed by atoms with E-state index in [1.807, 2.05) is 37.3 Å². The van der Waals surface area contributed by atoms with Gasteiger partial charge in [-0.3, -0.25) is 9.78 Å². The number of rotatable bonds is 4. The van der Waals surface area contributed by atoms with Gasteiger partial charge in [-0.2, -0.15) is 0 Å². The number of carbonyl (C=O) groups excluding carboxylic acids is 1. The number of hydrogen-bond acceptors (Lipinski definition) is 3. The van der Waals surface area contributed by atoms with Gasteiger partial charge < -0.3 is 5.73 Å². The summed E-state index contributed by atoms with van der Waals surface area (Å²) in [5, 5.41) is 0. The molecule has 0 aliphatic heterocycles. The number of pyridine rings is 1. The van der Waals surface area contributed by atoms with Gasteiger partial charge in [0.15, 0.2) is 5.78 Å². The molecule has 2 rings (SSSR count). The predicted octanol–water partition coefficient (Wildman–Crippen LogP) is 2.27. The second-order valence-electron chi connectivity index (χ2n) is 4.26. The second kappa shape index (κ2) is 5.56. The minimum atomic E-state index is 0.0847. The van der Waals surface area contributed by atoms with Crippen molar-refractivity contribution in [3.8, 4) is 0 Å². The highest BCUT2D eigenvalue weighted by Gasteiger charge is 2.11. The highest BCUT2D eigenvalue weighted by molar-refractivity contribution is 5.98. The van der Waals surface area contributed by atoms with E-state index in [9.17, 15) is 4.79 Å². The summed E-state index contributed by atoms with van der Waals surface area (Å²) in [6, 6.07) is 9.62. The molecule has 92 valence electrons. The maximum atomic E-state index is 12.2. The summed E-state index contributed by atoms with van der Waals surface area (Å²) in [7, 11) is 0. The summed E-state index contributed by atoms with van der Waals surface area (Å²) >= 11 is 0. The van der Waals surface area contributed by atoms with Crippen molar-refractivity contribution in [3.05, 3.63) is 65.0 Å². The van der Waals surface area contributed by atoms with Crippen LogP contribution in [-0.4, -0.2) is 10.8 Å². The molecular formula is C15H16N2O. The molecular weight excluding hydrogens is 224 g/mol. The normalized spacial score (nSPS) is 10.3. The Morgan fingerprint density at radius 3 is 2.61 bits per heavy atom. The Morgan fingerprint density at radius 2 is 1.94 bits per heavy atom. The standard InChI is InChI=1S/C15H16N2O/c1-11-6-7-17-10-14(11)15(18)8-12-4-2-3-5-13(12)9-16/h2-7,10H,8-9,16H2,1H3. The van der Waals surface area contributed by atoms with Crippen molar-refractivity contribution in [2.75, 3.05) is 0 Å². The third-order valence-corrected chi connectivity index (χ3v) is 3.03. The van der Waals surface area contributed by atoms with Crippen molar-refractivity contribution < 1.29 is 4.79 Å². The number of aromatic nitrogens is 1. The fourth-order valence-corrected chi connectivity index (χ4v) is 1.95. The molecule has 0 spiro atoms. The number of benzene rings is 1. The summed E-state index contributed by atoms with van der Waals surface area (Å²) < 4.78 is 0. The van der Waals surface area contributed by atoms with Crippen molar-refractivity contribution in [2.45, 2.75) is 19.9 Å². The lowest BCUT2D eigenvalue weighted by atomic mass is 9.98. The summed E-state index contributed by atoms with van der Waals surface area (Å²) in [6.45, 7) is 2.37. The van der Waals surface area contributed by atoms with E-state index < -0.39 is 0 Å².